The first-order valence-electron chi connectivity index (χ1n) is 7.69. The second-order valence-corrected chi connectivity index (χ2v) is 5.22. The number of anilines is 1. The Morgan fingerprint density at radius 2 is 2.09 bits per heavy atom. The number of aromatic nitrogens is 4. The standard InChI is InChI=1S/C16H22N6/c1-4-13-14(9-17)16(21-20-15(13)5-2)18-8-6-7-12-10-19-22(3)11-12/h10-11H,4-8H2,1-3H3,(H,18,21). The molecule has 0 saturated carbocycles. The molecule has 6 heteroatoms. The maximum atomic E-state index is 9.42. The van der Waals surface area contributed by atoms with Gasteiger partial charge in [-0.3, -0.25) is 4.68 Å². The minimum Gasteiger partial charge on any atom is -0.367 e. The van der Waals surface area contributed by atoms with E-state index in [9.17, 15) is 5.26 Å². The Kier molecular flexibility index (Phi) is 5.48. The first-order chi connectivity index (χ1) is 10.7. The first-order valence-corrected chi connectivity index (χ1v) is 7.69. The second kappa shape index (κ2) is 7.55. The van der Waals surface area contributed by atoms with Crippen LogP contribution >= 0.6 is 0 Å². The van der Waals surface area contributed by atoms with E-state index >= 15 is 0 Å². The quantitative estimate of drug-likeness (QED) is 0.793. The van der Waals surface area contributed by atoms with E-state index in [1.54, 1.807) is 4.68 Å². The third-order valence-electron chi connectivity index (χ3n) is 3.65. The highest BCUT2D eigenvalue weighted by Gasteiger charge is 2.13. The van der Waals surface area contributed by atoms with Crippen molar-refractivity contribution in [3.8, 4) is 6.07 Å². The van der Waals surface area contributed by atoms with Crippen LogP contribution in [0, 0.1) is 11.3 Å². The molecule has 2 aromatic heterocycles. The Labute approximate surface area is 131 Å². The highest BCUT2D eigenvalue weighted by molar-refractivity contribution is 5.56. The van der Waals surface area contributed by atoms with Crippen molar-refractivity contribution in [2.45, 2.75) is 39.5 Å². The molecule has 0 unspecified atom stereocenters. The predicted molar refractivity (Wildman–Crippen MR) is 85.5 cm³/mol. The van der Waals surface area contributed by atoms with E-state index in [1.165, 1.54) is 5.56 Å². The molecule has 0 aliphatic carbocycles. The maximum Gasteiger partial charge on any atom is 0.166 e. The predicted octanol–water partition coefficient (Wildman–Crippen LogP) is 2.25. The fourth-order valence-electron chi connectivity index (χ4n) is 2.52. The van der Waals surface area contributed by atoms with Gasteiger partial charge in [-0.25, -0.2) is 0 Å². The van der Waals surface area contributed by atoms with Crippen LogP contribution < -0.4 is 5.32 Å². The summed E-state index contributed by atoms with van der Waals surface area (Å²) in [6, 6.07) is 2.27. The van der Waals surface area contributed by atoms with Crippen LogP contribution in [-0.4, -0.2) is 26.5 Å². The van der Waals surface area contributed by atoms with Gasteiger partial charge in [-0.05, 0) is 36.8 Å². The monoisotopic (exact) mass is 298 g/mol. The molecule has 2 rings (SSSR count). The van der Waals surface area contributed by atoms with Crippen LogP contribution in [0.5, 0.6) is 0 Å². The molecule has 1 N–H and O–H groups in total. The Hall–Kier alpha value is -2.42. The molecule has 22 heavy (non-hydrogen) atoms. The zero-order chi connectivity index (χ0) is 15.9. The highest BCUT2D eigenvalue weighted by atomic mass is 15.2. The third kappa shape index (κ3) is 3.61. The molecular weight excluding hydrogens is 276 g/mol. The van der Waals surface area contributed by atoms with E-state index in [2.05, 4.69) is 26.7 Å². The van der Waals surface area contributed by atoms with Gasteiger partial charge >= 0.3 is 0 Å². The van der Waals surface area contributed by atoms with Gasteiger partial charge in [-0.15, -0.1) is 5.10 Å². The SMILES string of the molecule is CCc1nnc(NCCCc2cnn(C)c2)c(C#N)c1CC. The molecule has 0 atom stereocenters. The summed E-state index contributed by atoms with van der Waals surface area (Å²) < 4.78 is 1.80. The number of hydrogen-bond donors (Lipinski definition) is 1. The summed E-state index contributed by atoms with van der Waals surface area (Å²) in [6.07, 6.45) is 7.40. The molecule has 0 spiro atoms. The fraction of sp³-hybridized carbons (Fsp3) is 0.500. The number of nitrogens with zero attached hydrogens (tertiary/aromatic N) is 5. The molecule has 0 aliphatic rings. The lowest BCUT2D eigenvalue weighted by molar-refractivity contribution is 0.765. The Bertz CT molecular complexity index is 668. The molecule has 2 heterocycles. The van der Waals surface area contributed by atoms with Crippen molar-refractivity contribution in [3.05, 3.63) is 34.8 Å². The van der Waals surface area contributed by atoms with Crippen molar-refractivity contribution < 1.29 is 0 Å². The van der Waals surface area contributed by atoms with Gasteiger partial charge in [0, 0.05) is 19.8 Å². The van der Waals surface area contributed by atoms with Crippen LogP contribution in [0.3, 0.4) is 0 Å². The van der Waals surface area contributed by atoms with Crippen molar-refractivity contribution in [1.82, 2.24) is 20.0 Å². The van der Waals surface area contributed by atoms with Crippen LogP contribution in [0.2, 0.25) is 0 Å². The van der Waals surface area contributed by atoms with Gasteiger partial charge in [0.05, 0.1) is 11.9 Å². The van der Waals surface area contributed by atoms with Crippen molar-refractivity contribution in [3.63, 3.8) is 0 Å². The number of hydrogen-bond acceptors (Lipinski definition) is 5. The lowest BCUT2D eigenvalue weighted by Crippen LogP contribution is -2.11. The number of nitrogens with one attached hydrogen (secondary N) is 1. The summed E-state index contributed by atoms with van der Waals surface area (Å²) >= 11 is 0. The molecule has 116 valence electrons. The highest BCUT2D eigenvalue weighted by Crippen LogP contribution is 2.19. The topological polar surface area (TPSA) is 79.4 Å². The van der Waals surface area contributed by atoms with Gasteiger partial charge in [0.25, 0.3) is 0 Å². The molecular formula is C16H22N6. The minimum absolute atomic E-state index is 0.600. The summed E-state index contributed by atoms with van der Waals surface area (Å²) in [5.74, 6) is 0.600. The van der Waals surface area contributed by atoms with Gasteiger partial charge in [0.2, 0.25) is 0 Å². The number of rotatable bonds is 7. The van der Waals surface area contributed by atoms with Crippen molar-refractivity contribution >= 4 is 5.82 Å². The molecule has 0 saturated heterocycles. The number of aryl methyl sites for hydroxylation is 3. The minimum atomic E-state index is 0.600. The van der Waals surface area contributed by atoms with E-state index in [0.717, 1.165) is 43.5 Å². The normalized spacial score (nSPS) is 10.5. The maximum absolute atomic E-state index is 9.42. The van der Waals surface area contributed by atoms with Crippen LogP contribution in [0.25, 0.3) is 0 Å². The van der Waals surface area contributed by atoms with Crippen LogP contribution in [0.15, 0.2) is 12.4 Å². The van der Waals surface area contributed by atoms with Crippen molar-refractivity contribution in [2.75, 3.05) is 11.9 Å². The lowest BCUT2D eigenvalue weighted by atomic mass is 10.0. The van der Waals surface area contributed by atoms with Gasteiger partial charge < -0.3 is 5.32 Å². The van der Waals surface area contributed by atoms with E-state index < -0.39 is 0 Å². The molecule has 2 aromatic rings. The van der Waals surface area contributed by atoms with Gasteiger partial charge in [-0.1, -0.05) is 13.8 Å². The van der Waals surface area contributed by atoms with Gasteiger partial charge in [0.15, 0.2) is 5.82 Å². The molecule has 0 bridgehead atoms. The number of nitriles is 1. The Balaban J connectivity index is 1.99. The van der Waals surface area contributed by atoms with Crippen LogP contribution in [-0.2, 0) is 26.3 Å². The van der Waals surface area contributed by atoms with Crippen molar-refractivity contribution in [2.24, 2.45) is 7.05 Å². The van der Waals surface area contributed by atoms with Crippen molar-refractivity contribution in [1.29, 1.82) is 5.26 Å². The molecule has 0 amide bonds. The Morgan fingerprint density at radius 3 is 2.68 bits per heavy atom. The average Bonchev–Trinajstić information content (AvgIpc) is 2.95. The fourth-order valence-corrected chi connectivity index (χ4v) is 2.52. The van der Waals surface area contributed by atoms with E-state index in [1.807, 2.05) is 33.3 Å². The summed E-state index contributed by atoms with van der Waals surface area (Å²) in [6.45, 7) is 4.83. The largest absolute Gasteiger partial charge is 0.367 e. The first kappa shape index (κ1) is 16.0. The molecule has 0 radical (unpaired) electrons. The molecule has 6 nitrogen and oxygen atoms in total. The van der Waals surface area contributed by atoms with Crippen LogP contribution in [0.4, 0.5) is 5.82 Å². The lowest BCUT2D eigenvalue weighted by Gasteiger charge is -2.11. The summed E-state index contributed by atoms with van der Waals surface area (Å²) in [4.78, 5) is 0. The van der Waals surface area contributed by atoms with Gasteiger partial charge in [0.1, 0.15) is 11.6 Å². The zero-order valence-electron chi connectivity index (χ0n) is 13.4. The van der Waals surface area contributed by atoms with E-state index in [-0.39, 0.29) is 0 Å². The van der Waals surface area contributed by atoms with Gasteiger partial charge in [-0.2, -0.15) is 15.5 Å². The smallest absolute Gasteiger partial charge is 0.166 e. The average molecular weight is 298 g/mol. The third-order valence-corrected chi connectivity index (χ3v) is 3.65. The molecule has 0 fully saturated rings. The summed E-state index contributed by atoms with van der Waals surface area (Å²) in [7, 11) is 1.91. The second-order valence-electron chi connectivity index (χ2n) is 5.22. The van der Waals surface area contributed by atoms with E-state index in [4.69, 9.17) is 0 Å². The Morgan fingerprint density at radius 1 is 1.27 bits per heavy atom. The zero-order valence-corrected chi connectivity index (χ0v) is 13.4. The summed E-state index contributed by atoms with van der Waals surface area (Å²) in [5, 5.41) is 25.2. The molecule has 0 aliphatic heterocycles. The molecule has 0 aromatic carbocycles. The van der Waals surface area contributed by atoms with Crippen LogP contribution in [0.1, 0.15) is 42.7 Å². The summed E-state index contributed by atoms with van der Waals surface area (Å²) in [5.41, 5.74) is 3.77. The van der Waals surface area contributed by atoms with E-state index in [0.29, 0.717) is 11.4 Å².